The summed E-state index contributed by atoms with van der Waals surface area (Å²) in [6.07, 6.45) is 8.94. The lowest BCUT2D eigenvalue weighted by Crippen LogP contribution is -2.47. The van der Waals surface area contributed by atoms with Gasteiger partial charge in [-0.2, -0.15) is 0 Å². The maximum absolute atomic E-state index is 11.2. The van der Waals surface area contributed by atoms with Gasteiger partial charge in [-0.3, -0.25) is 0 Å². The van der Waals surface area contributed by atoms with Crippen LogP contribution >= 0.6 is 0 Å². The minimum Gasteiger partial charge on any atom is -0.480 e. The number of hydrogen-bond donors (Lipinski definition) is 1. The molecule has 4 aliphatic carbocycles. The summed E-state index contributed by atoms with van der Waals surface area (Å²) in [5, 5.41) is 21.0. The predicted octanol–water partition coefficient (Wildman–Crippen LogP) is 2.08. The Labute approximate surface area is 123 Å². The molecule has 1 aromatic heterocycles. The number of carbonyl (C=O) groups is 1. The number of hydrogen-bond acceptors (Lipinski definition) is 4. The Balaban J connectivity index is 1.59. The zero-order valence-corrected chi connectivity index (χ0v) is 12.4. The van der Waals surface area contributed by atoms with Gasteiger partial charge in [-0.1, -0.05) is 0 Å². The summed E-state index contributed by atoms with van der Waals surface area (Å²) in [6.45, 7) is 1.64. The molecule has 21 heavy (non-hydrogen) atoms. The van der Waals surface area contributed by atoms with Crippen LogP contribution < -0.4 is 0 Å². The summed E-state index contributed by atoms with van der Waals surface area (Å²) < 4.78 is 1.50. The molecular weight excluding hydrogens is 268 g/mol. The van der Waals surface area contributed by atoms with Gasteiger partial charge in [-0.15, -0.1) is 5.10 Å². The van der Waals surface area contributed by atoms with Crippen LogP contribution in [0.3, 0.4) is 0 Å². The molecule has 4 bridgehead atoms. The molecule has 0 aliphatic heterocycles. The van der Waals surface area contributed by atoms with Gasteiger partial charge in [-0.05, 0) is 79.0 Å². The molecule has 4 saturated carbocycles. The summed E-state index contributed by atoms with van der Waals surface area (Å²) in [5.74, 6) is 2.54. The first-order valence-corrected chi connectivity index (χ1v) is 8.04. The first kappa shape index (κ1) is 13.2. The third kappa shape index (κ3) is 2.15. The standard InChI is InChI=1S/C15H22N4O2/c1-9(14(20)21)19-13(16-17-18-19)8-15-5-10-2-11(6-15)4-12(3-10)7-15/h9-12H,2-8H2,1H3,(H,20,21). The number of nitrogens with zero attached hydrogens (tertiary/aromatic N) is 4. The summed E-state index contributed by atoms with van der Waals surface area (Å²) in [5.41, 5.74) is 0.333. The van der Waals surface area contributed by atoms with Gasteiger partial charge < -0.3 is 5.11 Å². The number of aromatic nitrogens is 4. The van der Waals surface area contributed by atoms with Gasteiger partial charge in [0.05, 0.1) is 0 Å². The van der Waals surface area contributed by atoms with E-state index in [0.717, 1.165) is 30.0 Å². The van der Waals surface area contributed by atoms with E-state index in [-0.39, 0.29) is 0 Å². The van der Waals surface area contributed by atoms with E-state index in [0.29, 0.717) is 5.41 Å². The Morgan fingerprint density at radius 1 is 1.29 bits per heavy atom. The van der Waals surface area contributed by atoms with Gasteiger partial charge in [-0.25, -0.2) is 9.48 Å². The van der Waals surface area contributed by atoms with Gasteiger partial charge >= 0.3 is 5.97 Å². The van der Waals surface area contributed by atoms with E-state index in [1.54, 1.807) is 6.92 Å². The highest BCUT2D eigenvalue weighted by Crippen LogP contribution is 2.60. The zero-order chi connectivity index (χ0) is 14.6. The van der Waals surface area contributed by atoms with Crippen LogP contribution in [-0.2, 0) is 11.2 Å². The minimum absolute atomic E-state index is 0.333. The van der Waals surface area contributed by atoms with Crippen molar-refractivity contribution < 1.29 is 9.90 Å². The van der Waals surface area contributed by atoms with Crippen molar-refractivity contribution in [2.45, 2.75) is 57.9 Å². The summed E-state index contributed by atoms with van der Waals surface area (Å²) in [6, 6.07) is -0.691. The van der Waals surface area contributed by atoms with Gasteiger partial charge in [0.15, 0.2) is 5.82 Å². The molecule has 0 aromatic carbocycles. The number of aliphatic carboxylic acids is 1. The number of carboxylic acids is 1. The Morgan fingerprint density at radius 3 is 2.38 bits per heavy atom. The SMILES string of the molecule is CC(C(=O)O)n1nnnc1CC12CC3CC(CC(C3)C1)C2. The van der Waals surface area contributed by atoms with Crippen molar-refractivity contribution in [3.63, 3.8) is 0 Å². The zero-order valence-electron chi connectivity index (χ0n) is 12.4. The minimum atomic E-state index is -0.880. The highest BCUT2D eigenvalue weighted by molar-refractivity contribution is 5.71. The van der Waals surface area contributed by atoms with Crippen LogP contribution in [0.4, 0.5) is 0 Å². The van der Waals surface area contributed by atoms with E-state index in [4.69, 9.17) is 0 Å². The molecule has 0 radical (unpaired) electrons. The molecule has 6 heteroatoms. The van der Waals surface area contributed by atoms with Crippen molar-refractivity contribution in [3.05, 3.63) is 5.82 Å². The molecule has 1 N–H and O–H groups in total. The topological polar surface area (TPSA) is 80.9 Å². The van der Waals surface area contributed by atoms with Crippen molar-refractivity contribution in [2.24, 2.45) is 23.2 Å². The largest absolute Gasteiger partial charge is 0.480 e. The molecule has 114 valence electrons. The summed E-state index contributed by atoms with van der Waals surface area (Å²) >= 11 is 0. The third-order valence-electron chi connectivity index (χ3n) is 5.98. The van der Waals surface area contributed by atoms with Crippen molar-refractivity contribution in [2.75, 3.05) is 0 Å². The van der Waals surface area contributed by atoms with Crippen molar-refractivity contribution in [3.8, 4) is 0 Å². The second-order valence-corrected chi connectivity index (χ2v) is 7.65. The Hall–Kier alpha value is -1.46. The maximum Gasteiger partial charge on any atom is 0.328 e. The Morgan fingerprint density at radius 2 is 1.86 bits per heavy atom. The van der Waals surface area contributed by atoms with Crippen LogP contribution in [0.2, 0.25) is 0 Å². The number of rotatable bonds is 4. The second kappa shape index (κ2) is 4.52. The molecule has 1 heterocycles. The van der Waals surface area contributed by atoms with Crippen LogP contribution in [0.1, 0.15) is 57.3 Å². The van der Waals surface area contributed by atoms with Gasteiger partial charge in [0, 0.05) is 6.42 Å². The van der Waals surface area contributed by atoms with Crippen LogP contribution in [0.25, 0.3) is 0 Å². The molecule has 1 aromatic rings. The van der Waals surface area contributed by atoms with Crippen molar-refractivity contribution >= 4 is 5.97 Å². The summed E-state index contributed by atoms with van der Waals surface area (Å²) in [4.78, 5) is 11.2. The molecule has 0 amide bonds. The van der Waals surface area contributed by atoms with Crippen LogP contribution in [0, 0.1) is 23.2 Å². The molecule has 0 spiro atoms. The van der Waals surface area contributed by atoms with Crippen LogP contribution in [-0.4, -0.2) is 31.3 Å². The van der Waals surface area contributed by atoms with E-state index >= 15 is 0 Å². The van der Waals surface area contributed by atoms with Crippen molar-refractivity contribution in [1.29, 1.82) is 0 Å². The first-order chi connectivity index (χ1) is 10.0. The van der Waals surface area contributed by atoms with Crippen LogP contribution in [0.5, 0.6) is 0 Å². The molecule has 1 atom stereocenters. The predicted molar refractivity (Wildman–Crippen MR) is 74.5 cm³/mol. The lowest BCUT2D eigenvalue weighted by molar-refractivity contribution is -0.140. The highest BCUT2D eigenvalue weighted by atomic mass is 16.4. The average Bonchev–Trinajstić information content (AvgIpc) is 2.83. The van der Waals surface area contributed by atoms with Gasteiger partial charge in [0.2, 0.25) is 0 Å². The monoisotopic (exact) mass is 290 g/mol. The fourth-order valence-electron chi connectivity index (χ4n) is 5.58. The second-order valence-electron chi connectivity index (χ2n) is 7.65. The van der Waals surface area contributed by atoms with E-state index in [1.807, 2.05) is 0 Å². The highest BCUT2D eigenvalue weighted by Gasteiger charge is 2.51. The first-order valence-electron chi connectivity index (χ1n) is 8.04. The fraction of sp³-hybridized carbons (Fsp3) is 0.867. The maximum atomic E-state index is 11.2. The normalized spacial score (nSPS) is 38.6. The van der Waals surface area contributed by atoms with E-state index in [2.05, 4.69) is 15.5 Å². The van der Waals surface area contributed by atoms with Crippen molar-refractivity contribution in [1.82, 2.24) is 20.2 Å². The number of carboxylic acid groups (broad SMARTS) is 1. The summed E-state index contributed by atoms with van der Waals surface area (Å²) in [7, 11) is 0. The molecule has 5 rings (SSSR count). The molecule has 1 unspecified atom stereocenters. The van der Waals surface area contributed by atoms with E-state index in [9.17, 15) is 9.90 Å². The fourth-order valence-corrected chi connectivity index (χ4v) is 5.58. The average molecular weight is 290 g/mol. The lowest BCUT2D eigenvalue weighted by Gasteiger charge is -2.56. The quantitative estimate of drug-likeness (QED) is 0.918. The Bertz CT molecular complexity index is 532. The van der Waals surface area contributed by atoms with Gasteiger partial charge in [0.25, 0.3) is 0 Å². The molecule has 0 saturated heterocycles. The molecule has 4 aliphatic rings. The van der Waals surface area contributed by atoms with Gasteiger partial charge in [0.1, 0.15) is 6.04 Å². The smallest absolute Gasteiger partial charge is 0.328 e. The lowest BCUT2D eigenvalue weighted by atomic mass is 9.49. The molecular formula is C15H22N4O2. The van der Waals surface area contributed by atoms with E-state index in [1.165, 1.54) is 43.2 Å². The van der Waals surface area contributed by atoms with Crippen LogP contribution in [0.15, 0.2) is 0 Å². The Kier molecular flexibility index (Phi) is 2.84. The third-order valence-corrected chi connectivity index (χ3v) is 5.98. The van der Waals surface area contributed by atoms with E-state index < -0.39 is 12.0 Å². The molecule has 4 fully saturated rings. The molecule has 6 nitrogen and oxygen atoms in total. The number of tetrazole rings is 1.